The Morgan fingerprint density at radius 1 is 1.07 bits per heavy atom. The fraction of sp³-hybridized carbons (Fsp3) is 0.333. The SMILES string of the molecule is COc1ccc(CCC(=O)NCc2ccc(NC(=O)NC(C)C)cc2)cc1Br. The second kappa shape index (κ2) is 10.7. The predicted octanol–water partition coefficient (Wildman–Crippen LogP) is 4.24. The summed E-state index contributed by atoms with van der Waals surface area (Å²) in [5, 5.41) is 8.45. The van der Waals surface area contributed by atoms with Gasteiger partial charge in [0.1, 0.15) is 5.75 Å². The summed E-state index contributed by atoms with van der Waals surface area (Å²) in [7, 11) is 1.62. The monoisotopic (exact) mass is 447 g/mol. The Labute approximate surface area is 174 Å². The Hall–Kier alpha value is -2.54. The molecule has 0 aliphatic heterocycles. The van der Waals surface area contributed by atoms with E-state index in [1.54, 1.807) is 7.11 Å². The first-order chi connectivity index (χ1) is 13.4. The van der Waals surface area contributed by atoms with Crippen LogP contribution in [0.4, 0.5) is 10.5 Å². The van der Waals surface area contributed by atoms with Crippen LogP contribution >= 0.6 is 15.9 Å². The van der Waals surface area contributed by atoms with Crippen molar-refractivity contribution in [3.8, 4) is 5.75 Å². The van der Waals surface area contributed by atoms with Gasteiger partial charge >= 0.3 is 6.03 Å². The van der Waals surface area contributed by atoms with E-state index in [0.29, 0.717) is 25.1 Å². The highest BCUT2D eigenvalue weighted by atomic mass is 79.9. The molecule has 0 aromatic heterocycles. The molecule has 0 atom stereocenters. The van der Waals surface area contributed by atoms with Crippen LogP contribution in [0, 0.1) is 0 Å². The standard InChI is InChI=1S/C21H26BrN3O3/c1-14(2)24-21(27)25-17-8-4-16(5-9-17)13-23-20(26)11-7-15-6-10-19(28-3)18(22)12-15/h4-6,8-10,12,14H,7,11,13H2,1-3H3,(H,23,26)(H2,24,25,27). The molecule has 0 aliphatic rings. The molecular weight excluding hydrogens is 422 g/mol. The van der Waals surface area contributed by atoms with Crippen LogP contribution in [0.15, 0.2) is 46.9 Å². The number of nitrogens with one attached hydrogen (secondary N) is 3. The van der Waals surface area contributed by atoms with E-state index in [9.17, 15) is 9.59 Å². The normalized spacial score (nSPS) is 10.5. The first kappa shape index (κ1) is 21.8. The van der Waals surface area contributed by atoms with Gasteiger partial charge in [0.15, 0.2) is 0 Å². The lowest BCUT2D eigenvalue weighted by molar-refractivity contribution is -0.121. The number of hydrogen-bond acceptors (Lipinski definition) is 3. The zero-order chi connectivity index (χ0) is 20.5. The van der Waals surface area contributed by atoms with Crippen LogP contribution in [0.3, 0.4) is 0 Å². The average molecular weight is 448 g/mol. The molecule has 2 aromatic carbocycles. The minimum atomic E-state index is -0.235. The van der Waals surface area contributed by atoms with E-state index in [4.69, 9.17) is 4.74 Å². The highest BCUT2D eigenvalue weighted by Crippen LogP contribution is 2.25. The molecule has 2 aromatic rings. The Morgan fingerprint density at radius 2 is 1.75 bits per heavy atom. The smallest absolute Gasteiger partial charge is 0.319 e. The molecule has 28 heavy (non-hydrogen) atoms. The largest absolute Gasteiger partial charge is 0.496 e. The molecule has 150 valence electrons. The van der Waals surface area contributed by atoms with Crippen molar-refractivity contribution in [2.45, 2.75) is 39.3 Å². The number of amides is 3. The summed E-state index contributed by atoms with van der Waals surface area (Å²) in [5.74, 6) is 0.762. The number of carbonyl (C=O) groups is 2. The van der Waals surface area contributed by atoms with Crippen molar-refractivity contribution in [3.63, 3.8) is 0 Å². The van der Waals surface area contributed by atoms with Crippen molar-refractivity contribution in [3.05, 3.63) is 58.1 Å². The maximum atomic E-state index is 12.1. The van der Waals surface area contributed by atoms with E-state index in [0.717, 1.165) is 21.3 Å². The van der Waals surface area contributed by atoms with Gasteiger partial charge < -0.3 is 20.7 Å². The number of hydrogen-bond donors (Lipinski definition) is 3. The van der Waals surface area contributed by atoms with Crippen molar-refractivity contribution in [2.24, 2.45) is 0 Å². The van der Waals surface area contributed by atoms with Gasteiger partial charge in [-0.1, -0.05) is 18.2 Å². The van der Waals surface area contributed by atoms with E-state index in [-0.39, 0.29) is 18.0 Å². The van der Waals surface area contributed by atoms with E-state index in [1.807, 2.05) is 56.3 Å². The maximum absolute atomic E-state index is 12.1. The lowest BCUT2D eigenvalue weighted by Crippen LogP contribution is -2.34. The first-order valence-corrected chi connectivity index (χ1v) is 9.92. The van der Waals surface area contributed by atoms with Crippen molar-refractivity contribution >= 4 is 33.6 Å². The summed E-state index contributed by atoms with van der Waals surface area (Å²) in [4.78, 5) is 23.8. The molecule has 0 bridgehead atoms. The number of anilines is 1. The lowest BCUT2D eigenvalue weighted by atomic mass is 10.1. The van der Waals surface area contributed by atoms with Crippen LogP contribution in [0.1, 0.15) is 31.4 Å². The van der Waals surface area contributed by atoms with E-state index < -0.39 is 0 Å². The number of aryl methyl sites for hydroxylation is 1. The molecule has 2 rings (SSSR count). The molecule has 0 heterocycles. The first-order valence-electron chi connectivity index (χ1n) is 9.13. The minimum Gasteiger partial charge on any atom is -0.496 e. The van der Waals surface area contributed by atoms with Crippen molar-refractivity contribution < 1.29 is 14.3 Å². The number of benzene rings is 2. The topological polar surface area (TPSA) is 79.5 Å². The van der Waals surface area contributed by atoms with Gasteiger partial charge in [-0.2, -0.15) is 0 Å². The molecule has 0 aliphatic carbocycles. The molecule has 0 fully saturated rings. The minimum absolute atomic E-state index is 0.00884. The molecule has 3 amide bonds. The quantitative estimate of drug-likeness (QED) is 0.566. The highest BCUT2D eigenvalue weighted by Gasteiger charge is 2.06. The second-order valence-corrected chi connectivity index (χ2v) is 7.55. The fourth-order valence-corrected chi connectivity index (χ4v) is 3.14. The number of urea groups is 1. The van der Waals surface area contributed by atoms with Gasteiger partial charge in [0, 0.05) is 24.7 Å². The molecule has 0 radical (unpaired) electrons. The number of rotatable bonds is 8. The van der Waals surface area contributed by atoms with Crippen LogP contribution in [0.5, 0.6) is 5.75 Å². The lowest BCUT2D eigenvalue weighted by Gasteiger charge is -2.11. The summed E-state index contributed by atoms with van der Waals surface area (Å²) in [6.45, 7) is 4.25. The van der Waals surface area contributed by atoms with Crippen LogP contribution in [-0.2, 0) is 17.8 Å². The second-order valence-electron chi connectivity index (χ2n) is 6.70. The van der Waals surface area contributed by atoms with Gasteiger partial charge in [-0.25, -0.2) is 4.79 Å². The Morgan fingerprint density at radius 3 is 2.36 bits per heavy atom. The van der Waals surface area contributed by atoms with Crippen molar-refractivity contribution in [2.75, 3.05) is 12.4 Å². The summed E-state index contributed by atoms with van der Waals surface area (Å²) in [5.41, 5.74) is 2.74. The Kier molecular flexibility index (Phi) is 8.32. The van der Waals surface area contributed by atoms with Crippen LogP contribution < -0.4 is 20.7 Å². The Balaban J connectivity index is 1.76. The number of ether oxygens (including phenoxy) is 1. The summed E-state index contributed by atoms with van der Waals surface area (Å²) in [6.07, 6.45) is 1.07. The van der Waals surface area contributed by atoms with Gasteiger partial charge in [-0.3, -0.25) is 4.79 Å². The van der Waals surface area contributed by atoms with Gasteiger partial charge in [-0.15, -0.1) is 0 Å². The summed E-state index contributed by atoms with van der Waals surface area (Å²) < 4.78 is 6.09. The third kappa shape index (κ3) is 7.23. The van der Waals surface area contributed by atoms with Crippen LogP contribution in [0.2, 0.25) is 0 Å². The van der Waals surface area contributed by atoms with Gasteiger partial charge in [0.05, 0.1) is 11.6 Å². The molecule has 0 spiro atoms. The Bertz CT molecular complexity index is 807. The maximum Gasteiger partial charge on any atom is 0.319 e. The molecule has 7 heteroatoms. The van der Waals surface area contributed by atoms with Crippen molar-refractivity contribution in [1.82, 2.24) is 10.6 Å². The number of carbonyl (C=O) groups excluding carboxylic acids is 2. The van der Waals surface area contributed by atoms with Crippen LogP contribution in [0.25, 0.3) is 0 Å². The molecule has 0 unspecified atom stereocenters. The summed E-state index contributed by atoms with van der Waals surface area (Å²) >= 11 is 3.45. The number of methoxy groups -OCH3 is 1. The molecule has 3 N–H and O–H groups in total. The third-order valence-electron chi connectivity index (χ3n) is 3.98. The molecule has 0 saturated heterocycles. The molecule has 0 saturated carbocycles. The number of halogens is 1. The molecule has 6 nitrogen and oxygen atoms in total. The zero-order valence-electron chi connectivity index (χ0n) is 16.3. The average Bonchev–Trinajstić information content (AvgIpc) is 2.65. The van der Waals surface area contributed by atoms with E-state index >= 15 is 0 Å². The van der Waals surface area contributed by atoms with Gasteiger partial charge in [-0.05, 0) is 71.6 Å². The van der Waals surface area contributed by atoms with Crippen LogP contribution in [-0.4, -0.2) is 25.1 Å². The fourth-order valence-electron chi connectivity index (χ4n) is 2.55. The zero-order valence-corrected chi connectivity index (χ0v) is 17.9. The van der Waals surface area contributed by atoms with Gasteiger partial charge in [0.25, 0.3) is 0 Å². The highest BCUT2D eigenvalue weighted by molar-refractivity contribution is 9.10. The van der Waals surface area contributed by atoms with E-state index in [1.165, 1.54) is 0 Å². The summed E-state index contributed by atoms with van der Waals surface area (Å²) in [6, 6.07) is 13.0. The van der Waals surface area contributed by atoms with E-state index in [2.05, 4.69) is 31.9 Å². The third-order valence-corrected chi connectivity index (χ3v) is 4.60. The van der Waals surface area contributed by atoms with Crippen molar-refractivity contribution in [1.29, 1.82) is 0 Å². The predicted molar refractivity (Wildman–Crippen MR) is 115 cm³/mol. The van der Waals surface area contributed by atoms with Gasteiger partial charge in [0.2, 0.25) is 5.91 Å². The molecular formula is C21H26BrN3O3.